The van der Waals surface area contributed by atoms with Gasteiger partial charge >= 0.3 is 0 Å². The lowest BCUT2D eigenvalue weighted by Gasteiger charge is -2.30. The summed E-state index contributed by atoms with van der Waals surface area (Å²) in [4.78, 5) is 25.7. The molecule has 0 radical (unpaired) electrons. The van der Waals surface area contributed by atoms with Crippen molar-refractivity contribution in [1.29, 1.82) is 0 Å². The van der Waals surface area contributed by atoms with Crippen molar-refractivity contribution < 1.29 is 9.59 Å². The van der Waals surface area contributed by atoms with Crippen LogP contribution in [0.3, 0.4) is 0 Å². The minimum Gasteiger partial charge on any atom is -0.357 e. The van der Waals surface area contributed by atoms with E-state index >= 15 is 0 Å². The van der Waals surface area contributed by atoms with Crippen molar-refractivity contribution in [2.45, 2.75) is 25.8 Å². The first-order valence-corrected chi connectivity index (χ1v) is 6.89. The molecule has 0 unspecified atom stereocenters. The Morgan fingerprint density at radius 1 is 1.30 bits per heavy atom. The molecular formula is C15H23N3O2. The molecule has 5 nitrogen and oxygen atoms in total. The van der Waals surface area contributed by atoms with E-state index in [1.165, 1.54) is 0 Å². The van der Waals surface area contributed by atoms with Crippen LogP contribution in [-0.4, -0.2) is 42.9 Å². The normalized spacial score (nSPS) is 11.8. The van der Waals surface area contributed by atoms with Crippen LogP contribution in [0.2, 0.25) is 0 Å². The molecule has 2 amide bonds. The fraction of sp³-hybridized carbons (Fsp3) is 0.467. The van der Waals surface area contributed by atoms with Crippen molar-refractivity contribution in [2.24, 2.45) is 5.73 Å². The Labute approximate surface area is 120 Å². The number of nitrogens with one attached hydrogen (secondary N) is 1. The molecule has 0 fully saturated rings. The number of amides is 2. The van der Waals surface area contributed by atoms with Crippen molar-refractivity contribution in [3.05, 3.63) is 35.9 Å². The van der Waals surface area contributed by atoms with E-state index in [9.17, 15) is 9.59 Å². The maximum absolute atomic E-state index is 12.1. The van der Waals surface area contributed by atoms with Gasteiger partial charge in [0.25, 0.3) is 0 Å². The Balaban J connectivity index is 2.97. The topological polar surface area (TPSA) is 75.4 Å². The standard InChI is InChI=1S/C15H23N3O2/c1-3-9-18(14(19)11-16)13(15(20)17-2)10-12-7-5-4-6-8-12/h4-8,13H,3,9-11,16H2,1-2H3,(H,17,20)/t13-/m0/s1. The minimum atomic E-state index is -0.515. The second-order valence-corrected chi connectivity index (χ2v) is 4.61. The lowest BCUT2D eigenvalue weighted by atomic mass is 10.0. The van der Waals surface area contributed by atoms with Gasteiger partial charge in [-0.15, -0.1) is 0 Å². The van der Waals surface area contributed by atoms with Crippen LogP contribution >= 0.6 is 0 Å². The molecule has 0 saturated heterocycles. The van der Waals surface area contributed by atoms with Gasteiger partial charge in [-0.3, -0.25) is 9.59 Å². The van der Waals surface area contributed by atoms with Gasteiger partial charge in [0.2, 0.25) is 11.8 Å². The van der Waals surface area contributed by atoms with E-state index in [2.05, 4.69) is 5.32 Å². The van der Waals surface area contributed by atoms with E-state index in [0.29, 0.717) is 13.0 Å². The van der Waals surface area contributed by atoms with Crippen molar-refractivity contribution in [3.8, 4) is 0 Å². The second kappa shape index (κ2) is 8.32. The highest BCUT2D eigenvalue weighted by Crippen LogP contribution is 2.10. The van der Waals surface area contributed by atoms with Crippen LogP contribution in [-0.2, 0) is 16.0 Å². The van der Waals surface area contributed by atoms with Gasteiger partial charge in [0.1, 0.15) is 6.04 Å². The van der Waals surface area contributed by atoms with Crippen LogP contribution in [0, 0.1) is 0 Å². The first-order chi connectivity index (χ1) is 9.63. The molecule has 0 heterocycles. The fourth-order valence-corrected chi connectivity index (χ4v) is 2.16. The molecule has 5 heteroatoms. The van der Waals surface area contributed by atoms with E-state index in [-0.39, 0.29) is 18.4 Å². The maximum atomic E-state index is 12.1. The molecule has 1 aromatic carbocycles. The molecule has 0 saturated carbocycles. The van der Waals surface area contributed by atoms with Gasteiger partial charge in [0.05, 0.1) is 6.54 Å². The van der Waals surface area contributed by atoms with Crippen LogP contribution in [0.4, 0.5) is 0 Å². The number of hydrogen-bond acceptors (Lipinski definition) is 3. The van der Waals surface area contributed by atoms with Crippen LogP contribution in [0.15, 0.2) is 30.3 Å². The second-order valence-electron chi connectivity index (χ2n) is 4.61. The van der Waals surface area contributed by atoms with Gasteiger partial charge in [0.15, 0.2) is 0 Å². The third kappa shape index (κ3) is 4.35. The first kappa shape index (κ1) is 16.2. The van der Waals surface area contributed by atoms with Gasteiger partial charge in [-0.2, -0.15) is 0 Å². The van der Waals surface area contributed by atoms with Crippen LogP contribution in [0.5, 0.6) is 0 Å². The Kier molecular flexibility index (Phi) is 6.73. The summed E-state index contributed by atoms with van der Waals surface area (Å²) in [6.45, 7) is 2.42. The molecule has 0 aliphatic carbocycles. The Morgan fingerprint density at radius 3 is 2.45 bits per heavy atom. The summed E-state index contributed by atoms with van der Waals surface area (Å²) in [5.41, 5.74) is 6.47. The molecule has 110 valence electrons. The fourth-order valence-electron chi connectivity index (χ4n) is 2.16. The zero-order valence-electron chi connectivity index (χ0n) is 12.1. The van der Waals surface area contributed by atoms with Gasteiger partial charge in [-0.1, -0.05) is 37.3 Å². The number of rotatable bonds is 7. The highest BCUT2D eigenvalue weighted by atomic mass is 16.2. The van der Waals surface area contributed by atoms with Gasteiger partial charge in [-0.25, -0.2) is 0 Å². The van der Waals surface area contributed by atoms with Crippen molar-refractivity contribution in [1.82, 2.24) is 10.2 Å². The van der Waals surface area contributed by atoms with Crippen LogP contribution in [0.1, 0.15) is 18.9 Å². The molecule has 0 aliphatic rings. The first-order valence-electron chi connectivity index (χ1n) is 6.89. The van der Waals surface area contributed by atoms with Crippen LogP contribution < -0.4 is 11.1 Å². The predicted octanol–water partition coefficient (Wildman–Crippen LogP) is 0.541. The third-order valence-corrected chi connectivity index (χ3v) is 3.16. The zero-order chi connectivity index (χ0) is 15.0. The molecule has 0 aromatic heterocycles. The third-order valence-electron chi connectivity index (χ3n) is 3.16. The number of nitrogens with two attached hydrogens (primary N) is 1. The Hall–Kier alpha value is -1.88. The molecule has 1 aromatic rings. The summed E-state index contributed by atoms with van der Waals surface area (Å²) in [7, 11) is 1.58. The molecule has 1 atom stereocenters. The summed E-state index contributed by atoms with van der Waals surface area (Å²) < 4.78 is 0. The van der Waals surface area contributed by atoms with Gasteiger partial charge in [0, 0.05) is 20.0 Å². The van der Waals surface area contributed by atoms with Crippen molar-refractivity contribution in [2.75, 3.05) is 20.1 Å². The molecule has 3 N–H and O–H groups in total. The number of hydrogen-bond donors (Lipinski definition) is 2. The molecule has 0 aliphatic heterocycles. The molecule has 0 spiro atoms. The maximum Gasteiger partial charge on any atom is 0.242 e. The average molecular weight is 277 g/mol. The summed E-state index contributed by atoms with van der Waals surface area (Å²) in [6, 6.07) is 9.15. The van der Waals surface area contributed by atoms with Crippen molar-refractivity contribution in [3.63, 3.8) is 0 Å². The lowest BCUT2D eigenvalue weighted by Crippen LogP contribution is -2.52. The number of benzene rings is 1. The summed E-state index contributed by atoms with van der Waals surface area (Å²) >= 11 is 0. The smallest absolute Gasteiger partial charge is 0.242 e. The molecule has 0 bridgehead atoms. The Morgan fingerprint density at radius 2 is 1.95 bits per heavy atom. The van der Waals surface area contributed by atoms with Gasteiger partial charge in [-0.05, 0) is 12.0 Å². The van der Waals surface area contributed by atoms with Crippen molar-refractivity contribution >= 4 is 11.8 Å². The van der Waals surface area contributed by atoms with E-state index in [1.807, 2.05) is 37.3 Å². The van der Waals surface area contributed by atoms with E-state index in [0.717, 1.165) is 12.0 Å². The average Bonchev–Trinajstić information content (AvgIpc) is 2.50. The Bertz CT molecular complexity index is 434. The van der Waals surface area contributed by atoms with E-state index in [4.69, 9.17) is 5.73 Å². The number of carbonyl (C=O) groups excluding carboxylic acids is 2. The highest BCUT2D eigenvalue weighted by Gasteiger charge is 2.27. The number of carbonyl (C=O) groups is 2. The minimum absolute atomic E-state index is 0.0811. The molecular weight excluding hydrogens is 254 g/mol. The largest absolute Gasteiger partial charge is 0.357 e. The summed E-state index contributed by atoms with van der Waals surface area (Å²) in [5.74, 6) is -0.361. The molecule has 20 heavy (non-hydrogen) atoms. The molecule has 1 rings (SSSR count). The number of nitrogens with zero attached hydrogens (tertiary/aromatic N) is 1. The van der Waals surface area contributed by atoms with E-state index in [1.54, 1.807) is 11.9 Å². The summed E-state index contributed by atoms with van der Waals surface area (Å²) in [5, 5.41) is 2.63. The monoisotopic (exact) mass is 277 g/mol. The SMILES string of the molecule is CCCN(C(=O)CN)[C@@H](Cc1ccccc1)C(=O)NC. The number of likely N-dealkylation sites (N-methyl/N-ethyl adjacent to an activating group) is 1. The lowest BCUT2D eigenvalue weighted by molar-refractivity contribution is -0.139. The van der Waals surface area contributed by atoms with Gasteiger partial charge < -0.3 is 16.0 Å². The van der Waals surface area contributed by atoms with E-state index < -0.39 is 6.04 Å². The zero-order valence-corrected chi connectivity index (χ0v) is 12.1. The predicted molar refractivity (Wildman–Crippen MR) is 79.1 cm³/mol. The highest BCUT2D eigenvalue weighted by molar-refractivity contribution is 5.88. The summed E-state index contributed by atoms with van der Waals surface area (Å²) in [6.07, 6.45) is 1.28. The quantitative estimate of drug-likeness (QED) is 0.764. The van der Waals surface area contributed by atoms with Crippen LogP contribution in [0.25, 0.3) is 0 Å².